The van der Waals surface area contributed by atoms with Gasteiger partial charge in [-0.15, -0.1) is 0 Å². The Balaban J connectivity index is 1.99. The van der Waals surface area contributed by atoms with Gasteiger partial charge in [-0.2, -0.15) is 0 Å². The molecule has 0 aromatic heterocycles. The Morgan fingerprint density at radius 1 is 1.37 bits per heavy atom. The summed E-state index contributed by atoms with van der Waals surface area (Å²) < 4.78 is 6.41. The molecule has 1 N–H and O–H groups in total. The Labute approximate surface area is 122 Å². The van der Waals surface area contributed by atoms with Crippen LogP contribution in [-0.4, -0.2) is 36.3 Å². The molecular weight excluding hydrogens is 306 g/mol. The molecule has 0 aliphatic carbocycles. The summed E-state index contributed by atoms with van der Waals surface area (Å²) in [5.41, 5.74) is 2.05. The minimum atomic E-state index is -0.328. The number of nitrogens with zero attached hydrogens (tertiary/aromatic N) is 1. The summed E-state index contributed by atoms with van der Waals surface area (Å²) in [6, 6.07) is 5.94. The van der Waals surface area contributed by atoms with Crippen molar-refractivity contribution in [3.05, 3.63) is 33.9 Å². The quantitative estimate of drug-likeness (QED) is 0.908. The van der Waals surface area contributed by atoms with Gasteiger partial charge in [0.25, 0.3) is 0 Å². The molecule has 4 rings (SSSR count). The first-order chi connectivity index (χ1) is 9.19. The second kappa shape index (κ2) is 5.17. The monoisotopic (exact) mass is 323 g/mol. The zero-order valence-corrected chi connectivity index (χ0v) is 12.6. The van der Waals surface area contributed by atoms with Gasteiger partial charge in [0.05, 0.1) is 13.2 Å². The van der Waals surface area contributed by atoms with E-state index >= 15 is 0 Å². The van der Waals surface area contributed by atoms with Gasteiger partial charge in [0, 0.05) is 28.8 Å². The van der Waals surface area contributed by atoms with Crippen molar-refractivity contribution in [2.45, 2.75) is 18.9 Å². The van der Waals surface area contributed by atoms with Crippen molar-refractivity contribution in [1.29, 1.82) is 0 Å². The van der Waals surface area contributed by atoms with E-state index in [0.717, 1.165) is 47.4 Å². The van der Waals surface area contributed by atoms with Gasteiger partial charge in [-0.25, -0.2) is 0 Å². The summed E-state index contributed by atoms with van der Waals surface area (Å²) in [7, 11) is 1.68. The van der Waals surface area contributed by atoms with Crippen molar-refractivity contribution in [2.24, 2.45) is 5.92 Å². The van der Waals surface area contributed by atoms with Gasteiger partial charge in [-0.05, 0) is 43.0 Å². The molecule has 3 fully saturated rings. The largest absolute Gasteiger partial charge is 0.496 e. The molecule has 102 valence electrons. The Hall–Kier alpha value is -1.00. The van der Waals surface area contributed by atoms with Crippen LogP contribution in [0.25, 0.3) is 6.08 Å². The first-order valence-electron chi connectivity index (χ1n) is 6.67. The highest BCUT2D eigenvalue weighted by molar-refractivity contribution is 9.10. The van der Waals surface area contributed by atoms with Gasteiger partial charge in [-0.1, -0.05) is 15.9 Å². The molecule has 0 spiro atoms. The van der Waals surface area contributed by atoms with Crippen LogP contribution >= 0.6 is 15.9 Å². The summed E-state index contributed by atoms with van der Waals surface area (Å²) in [5.74, 6) is 1.26. The van der Waals surface area contributed by atoms with Gasteiger partial charge in [0.1, 0.15) is 5.75 Å². The van der Waals surface area contributed by atoms with E-state index < -0.39 is 0 Å². The van der Waals surface area contributed by atoms with Crippen LogP contribution in [0.4, 0.5) is 0 Å². The standard InChI is InChI=1S/C15H18BrNO2/c1-19-14-3-2-12(16)8-11(14)9-13-15(18)10-4-6-17(13)7-5-10/h2-3,8-10,15,18H,4-7H2,1H3/b13-9-/t15-/m0/s1. The molecule has 3 nitrogen and oxygen atoms in total. The molecule has 1 aromatic rings. The van der Waals surface area contributed by atoms with Crippen LogP contribution < -0.4 is 4.74 Å². The summed E-state index contributed by atoms with van der Waals surface area (Å²) in [6.07, 6.45) is 3.95. The van der Waals surface area contributed by atoms with Crippen LogP contribution in [0.15, 0.2) is 28.4 Å². The first kappa shape index (κ1) is 13.0. The second-order valence-electron chi connectivity index (χ2n) is 5.22. The number of rotatable bonds is 2. The van der Waals surface area contributed by atoms with E-state index in [9.17, 15) is 5.11 Å². The zero-order chi connectivity index (χ0) is 13.4. The number of fused-ring (bicyclic) bond motifs is 3. The fourth-order valence-electron chi connectivity index (χ4n) is 3.06. The number of hydrogen-bond acceptors (Lipinski definition) is 3. The molecule has 3 saturated heterocycles. The van der Waals surface area contributed by atoms with Crippen molar-refractivity contribution in [3.8, 4) is 5.75 Å². The topological polar surface area (TPSA) is 32.7 Å². The minimum Gasteiger partial charge on any atom is -0.496 e. The van der Waals surface area contributed by atoms with Gasteiger partial charge in [0.15, 0.2) is 0 Å². The number of hydrogen-bond donors (Lipinski definition) is 1. The van der Waals surface area contributed by atoms with Crippen LogP contribution in [0.5, 0.6) is 5.75 Å². The third kappa shape index (κ3) is 2.39. The smallest absolute Gasteiger partial charge is 0.126 e. The van der Waals surface area contributed by atoms with E-state index in [0.29, 0.717) is 5.92 Å². The van der Waals surface area contributed by atoms with Crippen molar-refractivity contribution in [3.63, 3.8) is 0 Å². The number of piperidine rings is 3. The molecule has 3 aliphatic rings. The fraction of sp³-hybridized carbons (Fsp3) is 0.467. The molecular formula is C15H18BrNO2. The average molecular weight is 324 g/mol. The third-order valence-corrected chi connectivity index (χ3v) is 4.64. The Morgan fingerprint density at radius 3 is 2.74 bits per heavy atom. The first-order valence-corrected chi connectivity index (χ1v) is 7.46. The van der Waals surface area contributed by atoms with Crippen LogP contribution in [0, 0.1) is 5.92 Å². The Bertz CT molecular complexity index is 503. The number of aliphatic hydroxyl groups excluding tert-OH is 1. The molecule has 0 radical (unpaired) electrons. The molecule has 1 atom stereocenters. The maximum absolute atomic E-state index is 10.4. The number of benzene rings is 1. The van der Waals surface area contributed by atoms with Gasteiger partial charge >= 0.3 is 0 Å². The molecule has 2 bridgehead atoms. The van der Waals surface area contributed by atoms with E-state index in [4.69, 9.17) is 4.74 Å². The normalized spacial score (nSPS) is 27.9. The lowest BCUT2D eigenvalue weighted by atomic mass is 9.83. The highest BCUT2D eigenvalue weighted by Crippen LogP contribution is 2.37. The summed E-state index contributed by atoms with van der Waals surface area (Å²) in [5, 5.41) is 10.4. The lowest BCUT2D eigenvalue weighted by molar-refractivity contribution is 0.0215. The molecule has 3 aliphatic heterocycles. The predicted molar refractivity (Wildman–Crippen MR) is 79.0 cm³/mol. The summed E-state index contributed by atoms with van der Waals surface area (Å²) in [6.45, 7) is 2.12. The Kier molecular flexibility index (Phi) is 3.54. The lowest BCUT2D eigenvalue weighted by Crippen LogP contribution is -2.48. The number of ether oxygens (including phenoxy) is 1. The van der Waals surface area contributed by atoms with Crippen LogP contribution in [0.2, 0.25) is 0 Å². The van der Waals surface area contributed by atoms with Crippen molar-refractivity contribution in [1.82, 2.24) is 4.90 Å². The molecule has 3 heterocycles. The Morgan fingerprint density at radius 2 is 2.11 bits per heavy atom. The van der Waals surface area contributed by atoms with Gasteiger partial charge < -0.3 is 14.7 Å². The SMILES string of the molecule is COc1ccc(Br)cc1/C=C1/[C@@H](O)C2CCN1CC2. The van der Waals surface area contributed by atoms with E-state index in [1.54, 1.807) is 7.11 Å². The molecule has 1 aromatic carbocycles. The molecule has 4 heteroatoms. The van der Waals surface area contributed by atoms with Crippen LogP contribution in [0.1, 0.15) is 18.4 Å². The fourth-order valence-corrected chi connectivity index (χ4v) is 3.43. The molecule has 0 unspecified atom stereocenters. The lowest BCUT2D eigenvalue weighted by Gasteiger charge is -2.46. The van der Waals surface area contributed by atoms with Crippen molar-refractivity contribution >= 4 is 22.0 Å². The minimum absolute atomic E-state index is 0.328. The number of halogens is 1. The van der Waals surface area contributed by atoms with Crippen molar-refractivity contribution < 1.29 is 9.84 Å². The molecule has 19 heavy (non-hydrogen) atoms. The van der Waals surface area contributed by atoms with Gasteiger partial charge in [0.2, 0.25) is 0 Å². The van der Waals surface area contributed by atoms with Gasteiger partial charge in [-0.3, -0.25) is 0 Å². The summed E-state index contributed by atoms with van der Waals surface area (Å²) in [4.78, 5) is 2.30. The van der Waals surface area contributed by atoms with Crippen LogP contribution in [-0.2, 0) is 0 Å². The van der Waals surface area contributed by atoms with Crippen LogP contribution in [0.3, 0.4) is 0 Å². The summed E-state index contributed by atoms with van der Waals surface area (Å²) >= 11 is 3.49. The zero-order valence-electron chi connectivity index (χ0n) is 11.0. The highest BCUT2D eigenvalue weighted by Gasteiger charge is 2.36. The highest BCUT2D eigenvalue weighted by atomic mass is 79.9. The number of methoxy groups -OCH3 is 1. The molecule has 0 amide bonds. The maximum atomic E-state index is 10.4. The third-order valence-electron chi connectivity index (χ3n) is 4.15. The average Bonchev–Trinajstić information content (AvgIpc) is 2.43. The van der Waals surface area contributed by atoms with Crippen molar-refractivity contribution in [2.75, 3.05) is 20.2 Å². The van der Waals surface area contributed by atoms with E-state index in [2.05, 4.69) is 26.9 Å². The predicted octanol–water partition coefficient (Wildman–Crippen LogP) is 2.89. The maximum Gasteiger partial charge on any atom is 0.126 e. The molecule has 0 saturated carbocycles. The van der Waals surface area contributed by atoms with E-state index in [1.807, 2.05) is 18.2 Å². The second-order valence-corrected chi connectivity index (χ2v) is 6.14. The number of aliphatic hydroxyl groups is 1. The van der Waals surface area contributed by atoms with E-state index in [-0.39, 0.29) is 6.10 Å². The van der Waals surface area contributed by atoms with E-state index in [1.165, 1.54) is 0 Å².